The van der Waals surface area contributed by atoms with Crippen molar-refractivity contribution >= 4 is 6.03 Å². The number of halogens is 1. The van der Waals surface area contributed by atoms with Crippen molar-refractivity contribution in [3.8, 4) is 5.75 Å². The molecule has 2 atom stereocenters. The minimum atomic E-state index is -0.932. The molecule has 2 N–H and O–H groups in total. The van der Waals surface area contributed by atoms with Gasteiger partial charge in [0.1, 0.15) is 11.9 Å². The molecule has 0 aliphatic heterocycles. The summed E-state index contributed by atoms with van der Waals surface area (Å²) in [5, 5.41) is 12.1. The molecule has 0 unspecified atom stereocenters. The van der Waals surface area contributed by atoms with Gasteiger partial charge in [0.2, 0.25) is 0 Å². The summed E-state index contributed by atoms with van der Waals surface area (Å²) >= 11 is 0. The topological polar surface area (TPSA) is 52.6 Å². The number of rotatable bonds is 3. The van der Waals surface area contributed by atoms with Gasteiger partial charge in [0.15, 0.2) is 0 Å². The standard InChI is InChI=1S/C14H19FN2O2/c1-17(9-10-4-2-5-11(18)8-10)14(19)16-13-7-3-6-12(13)15/h2,4-5,8,12-13,18H,3,6-7,9H2,1H3,(H,16,19)/t12-,13+/m1/s1. The van der Waals surface area contributed by atoms with Crippen LogP contribution >= 0.6 is 0 Å². The lowest BCUT2D eigenvalue weighted by Gasteiger charge is -2.22. The summed E-state index contributed by atoms with van der Waals surface area (Å²) in [7, 11) is 1.65. The van der Waals surface area contributed by atoms with Gasteiger partial charge >= 0.3 is 6.03 Å². The lowest BCUT2D eigenvalue weighted by molar-refractivity contribution is 0.193. The Bertz CT molecular complexity index is 453. The number of nitrogens with one attached hydrogen (secondary N) is 1. The molecule has 1 aliphatic carbocycles. The van der Waals surface area contributed by atoms with E-state index in [9.17, 15) is 14.3 Å². The van der Waals surface area contributed by atoms with Gasteiger partial charge in [-0.25, -0.2) is 9.18 Å². The molecule has 2 amide bonds. The van der Waals surface area contributed by atoms with Crippen LogP contribution in [-0.2, 0) is 6.54 Å². The predicted molar refractivity (Wildman–Crippen MR) is 70.6 cm³/mol. The van der Waals surface area contributed by atoms with Crippen LogP contribution in [-0.4, -0.2) is 35.3 Å². The highest BCUT2D eigenvalue weighted by Gasteiger charge is 2.28. The highest BCUT2D eigenvalue weighted by atomic mass is 19.1. The first-order chi connectivity index (χ1) is 9.06. The molecule has 2 rings (SSSR count). The lowest BCUT2D eigenvalue weighted by atomic mass is 10.2. The van der Waals surface area contributed by atoms with Gasteiger partial charge in [-0.15, -0.1) is 0 Å². The first kappa shape index (κ1) is 13.6. The second kappa shape index (κ2) is 5.91. The Morgan fingerprint density at radius 2 is 2.32 bits per heavy atom. The normalized spacial score (nSPS) is 22.2. The first-order valence-electron chi connectivity index (χ1n) is 6.50. The van der Waals surface area contributed by atoms with Crippen LogP contribution in [0.5, 0.6) is 5.75 Å². The van der Waals surface area contributed by atoms with Crippen LogP contribution < -0.4 is 5.32 Å². The molecule has 1 aromatic carbocycles. The number of amides is 2. The van der Waals surface area contributed by atoms with Crippen molar-refractivity contribution in [2.75, 3.05) is 7.05 Å². The molecular weight excluding hydrogens is 247 g/mol. The summed E-state index contributed by atoms with van der Waals surface area (Å²) in [6.45, 7) is 0.379. The fourth-order valence-electron chi connectivity index (χ4n) is 2.35. The summed E-state index contributed by atoms with van der Waals surface area (Å²) in [6, 6.07) is 6.10. The Kier molecular flexibility index (Phi) is 4.24. The second-order valence-corrected chi connectivity index (χ2v) is 5.03. The zero-order chi connectivity index (χ0) is 13.8. The zero-order valence-corrected chi connectivity index (χ0v) is 11.0. The van der Waals surface area contributed by atoms with Gasteiger partial charge in [0.05, 0.1) is 6.04 Å². The smallest absolute Gasteiger partial charge is 0.317 e. The van der Waals surface area contributed by atoms with E-state index in [1.165, 1.54) is 4.90 Å². The summed E-state index contributed by atoms with van der Waals surface area (Å²) in [5.74, 6) is 0.172. The maximum absolute atomic E-state index is 13.4. The minimum Gasteiger partial charge on any atom is -0.508 e. The third-order valence-corrected chi connectivity index (χ3v) is 3.42. The quantitative estimate of drug-likeness (QED) is 0.882. The van der Waals surface area contributed by atoms with Gasteiger partial charge < -0.3 is 15.3 Å². The second-order valence-electron chi connectivity index (χ2n) is 5.03. The number of hydrogen-bond donors (Lipinski definition) is 2. The first-order valence-corrected chi connectivity index (χ1v) is 6.50. The molecule has 5 heteroatoms. The summed E-state index contributed by atoms with van der Waals surface area (Å²) in [6.07, 6.45) is 1.12. The molecule has 19 heavy (non-hydrogen) atoms. The van der Waals surface area contributed by atoms with Crippen LogP contribution in [0.25, 0.3) is 0 Å². The highest BCUT2D eigenvalue weighted by Crippen LogP contribution is 2.22. The number of carbonyl (C=O) groups excluding carboxylic acids is 1. The van der Waals surface area contributed by atoms with E-state index in [4.69, 9.17) is 0 Å². The summed E-state index contributed by atoms with van der Waals surface area (Å²) in [5.41, 5.74) is 0.834. The molecule has 4 nitrogen and oxygen atoms in total. The Labute approximate surface area is 112 Å². The van der Waals surface area contributed by atoms with Crippen molar-refractivity contribution in [3.63, 3.8) is 0 Å². The number of phenols is 1. The monoisotopic (exact) mass is 266 g/mol. The van der Waals surface area contributed by atoms with Crippen LogP contribution in [0.2, 0.25) is 0 Å². The van der Waals surface area contributed by atoms with E-state index in [-0.39, 0.29) is 17.8 Å². The lowest BCUT2D eigenvalue weighted by Crippen LogP contribution is -2.44. The number of phenolic OH excluding ortho intramolecular Hbond substituents is 1. The SMILES string of the molecule is CN(Cc1cccc(O)c1)C(=O)N[C@H]1CCC[C@H]1F. The maximum atomic E-state index is 13.4. The molecule has 0 saturated heterocycles. The Balaban J connectivity index is 1.88. The number of nitrogens with zero attached hydrogens (tertiary/aromatic N) is 1. The van der Waals surface area contributed by atoms with Crippen LogP contribution in [0.3, 0.4) is 0 Å². The Morgan fingerprint density at radius 3 is 2.95 bits per heavy atom. The average molecular weight is 266 g/mol. The Hall–Kier alpha value is -1.78. The van der Waals surface area contributed by atoms with Crippen molar-refractivity contribution in [1.82, 2.24) is 10.2 Å². The number of carbonyl (C=O) groups is 1. The van der Waals surface area contributed by atoms with E-state index >= 15 is 0 Å². The molecule has 0 aromatic heterocycles. The average Bonchev–Trinajstić information content (AvgIpc) is 2.75. The fourth-order valence-corrected chi connectivity index (χ4v) is 2.35. The number of urea groups is 1. The van der Waals surface area contributed by atoms with Crippen LogP contribution in [0, 0.1) is 0 Å². The number of benzene rings is 1. The van der Waals surface area contributed by atoms with E-state index in [2.05, 4.69) is 5.32 Å². The molecule has 1 aliphatic rings. The number of hydrogen-bond acceptors (Lipinski definition) is 2. The fraction of sp³-hybridized carbons (Fsp3) is 0.500. The van der Waals surface area contributed by atoms with Gasteiger partial charge in [-0.3, -0.25) is 0 Å². The number of aromatic hydroxyl groups is 1. The predicted octanol–water partition coefficient (Wildman–Crippen LogP) is 2.42. The van der Waals surface area contributed by atoms with Gasteiger partial charge in [0, 0.05) is 13.6 Å². The van der Waals surface area contributed by atoms with Crippen molar-refractivity contribution in [2.24, 2.45) is 0 Å². The minimum absolute atomic E-state index is 0.172. The van der Waals surface area contributed by atoms with E-state index in [1.54, 1.807) is 25.2 Å². The van der Waals surface area contributed by atoms with E-state index in [0.717, 1.165) is 12.0 Å². The third-order valence-electron chi connectivity index (χ3n) is 3.42. The van der Waals surface area contributed by atoms with Gasteiger partial charge in [-0.2, -0.15) is 0 Å². The molecule has 1 aromatic rings. The molecule has 0 bridgehead atoms. The van der Waals surface area contributed by atoms with Gasteiger partial charge in [-0.05, 0) is 37.0 Å². The molecule has 0 heterocycles. The van der Waals surface area contributed by atoms with Gasteiger partial charge in [0.25, 0.3) is 0 Å². The molecule has 0 spiro atoms. The highest BCUT2D eigenvalue weighted by molar-refractivity contribution is 5.74. The largest absolute Gasteiger partial charge is 0.508 e. The van der Waals surface area contributed by atoms with E-state index in [0.29, 0.717) is 19.4 Å². The van der Waals surface area contributed by atoms with Crippen molar-refractivity contribution < 1.29 is 14.3 Å². The van der Waals surface area contributed by atoms with Crippen LogP contribution in [0.1, 0.15) is 24.8 Å². The maximum Gasteiger partial charge on any atom is 0.317 e. The molecule has 104 valence electrons. The number of alkyl halides is 1. The van der Waals surface area contributed by atoms with E-state index < -0.39 is 6.17 Å². The molecule has 1 fully saturated rings. The summed E-state index contributed by atoms with van der Waals surface area (Å²) in [4.78, 5) is 13.4. The van der Waals surface area contributed by atoms with Crippen molar-refractivity contribution in [1.29, 1.82) is 0 Å². The van der Waals surface area contributed by atoms with Crippen LogP contribution in [0.4, 0.5) is 9.18 Å². The van der Waals surface area contributed by atoms with Crippen molar-refractivity contribution in [3.05, 3.63) is 29.8 Å². The van der Waals surface area contributed by atoms with E-state index in [1.807, 2.05) is 6.07 Å². The molecule has 1 saturated carbocycles. The van der Waals surface area contributed by atoms with Crippen molar-refractivity contribution in [2.45, 2.75) is 38.0 Å². The molecule has 0 radical (unpaired) electrons. The zero-order valence-electron chi connectivity index (χ0n) is 11.0. The van der Waals surface area contributed by atoms with Crippen LogP contribution in [0.15, 0.2) is 24.3 Å². The molecular formula is C14H19FN2O2. The third kappa shape index (κ3) is 3.59. The summed E-state index contributed by atoms with van der Waals surface area (Å²) < 4.78 is 13.4. The Morgan fingerprint density at radius 1 is 1.53 bits per heavy atom. The van der Waals surface area contributed by atoms with Gasteiger partial charge in [-0.1, -0.05) is 12.1 Å².